The van der Waals surface area contributed by atoms with E-state index in [4.69, 9.17) is 5.84 Å². The maximum atomic E-state index is 13.0. The number of amides is 2. The Balaban J connectivity index is 1.88. The lowest BCUT2D eigenvalue weighted by Crippen LogP contribution is -2.43. The van der Waals surface area contributed by atoms with Crippen LogP contribution >= 0.6 is 10.2 Å². The lowest BCUT2D eigenvalue weighted by Gasteiger charge is -2.28. The Morgan fingerprint density at radius 2 is 2.00 bits per heavy atom. The van der Waals surface area contributed by atoms with E-state index < -0.39 is 34.4 Å². The highest BCUT2D eigenvalue weighted by atomic mass is 32.3. The fourth-order valence-corrected chi connectivity index (χ4v) is 6.25. The van der Waals surface area contributed by atoms with Crippen molar-refractivity contribution in [3.63, 3.8) is 0 Å². The standard InChI is InChI=1S/C21H26F3N3O3S/c1-13(11-21(22,23)24)18(14-6-4-5-7-14)26-19(29)27(25)31(12-28)16-9-8-15(10-17(16)31)20(2,3)30/h6,8-10,12,30H,4-5,7,11,25H2,1-3H3,(H,26,29)/b18-13+. The van der Waals surface area contributed by atoms with E-state index in [1.807, 2.05) is 0 Å². The molecule has 0 fully saturated rings. The number of benzene rings is 1. The van der Waals surface area contributed by atoms with Gasteiger partial charge in [-0.3, -0.25) is 4.79 Å². The van der Waals surface area contributed by atoms with E-state index >= 15 is 0 Å². The first-order valence-corrected chi connectivity index (χ1v) is 11.4. The molecule has 3 rings (SSSR count). The number of rotatable bonds is 6. The van der Waals surface area contributed by atoms with Gasteiger partial charge in [-0.1, -0.05) is 12.1 Å². The number of alkyl halides is 3. The van der Waals surface area contributed by atoms with Crippen LogP contribution < -0.4 is 11.2 Å². The Bertz CT molecular complexity index is 982. The molecule has 31 heavy (non-hydrogen) atoms. The normalized spacial score (nSPS) is 23.2. The molecule has 0 radical (unpaired) electrons. The van der Waals surface area contributed by atoms with Gasteiger partial charge in [0.1, 0.15) is 0 Å². The SMILES string of the molecule is C/C(CC(F)(F)F)=C(\NC(=O)N(N)S1(C=O)c2ccc(C(C)(C)O)cc21)C1=CCCC1. The van der Waals surface area contributed by atoms with Crippen LogP contribution in [0.2, 0.25) is 0 Å². The van der Waals surface area contributed by atoms with Gasteiger partial charge < -0.3 is 10.4 Å². The van der Waals surface area contributed by atoms with Gasteiger partial charge in [0.25, 0.3) is 0 Å². The highest BCUT2D eigenvalue weighted by Crippen LogP contribution is 2.78. The van der Waals surface area contributed by atoms with Crippen LogP contribution in [0.5, 0.6) is 0 Å². The van der Waals surface area contributed by atoms with Gasteiger partial charge in [0, 0.05) is 15.5 Å². The van der Waals surface area contributed by atoms with Crippen LogP contribution in [0.3, 0.4) is 0 Å². The van der Waals surface area contributed by atoms with Crippen molar-refractivity contribution in [2.75, 3.05) is 0 Å². The van der Waals surface area contributed by atoms with Gasteiger partial charge in [-0.25, -0.2) is 15.1 Å². The number of carbonyl (C=O) groups is 2. The summed E-state index contributed by atoms with van der Waals surface area (Å²) in [6.07, 6.45) is -1.72. The van der Waals surface area contributed by atoms with Crippen molar-refractivity contribution in [2.45, 2.75) is 68.0 Å². The highest BCUT2D eigenvalue weighted by molar-refractivity contribution is 8.46. The lowest BCUT2D eigenvalue weighted by molar-refractivity contribution is -0.127. The van der Waals surface area contributed by atoms with Crippen LogP contribution in [-0.4, -0.2) is 27.3 Å². The molecule has 10 heteroatoms. The van der Waals surface area contributed by atoms with E-state index in [-0.39, 0.29) is 11.3 Å². The third kappa shape index (κ3) is 4.51. The predicted octanol–water partition coefficient (Wildman–Crippen LogP) is 4.78. The third-order valence-electron chi connectivity index (χ3n) is 5.42. The summed E-state index contributed by atoms with van der Waals surface area (Å²) in [7, 11) is -2.58. The van der Waals surface area contributed by atoms with E-state index in [9.17, 15) is 27.9 Å². The first kappa shape index (κ1) is 23.4. The van der Waals surface area contributed by atoms with Crippen molar-refractivity contribution in [2.24, 2.45) is 5.84 Å². The molecule has 1 atom stereocenters. The summed E-state index contributed by atoms with van der Waals surface area (Å²) in [6.45, 7) is 4.52. The molecule has 0 saturated carbocycles. The Kier molecular flexibility index (Phi) is 6.03. The molecule has 1 unspecified atom stereocenters. The molecule has 170 valence electrons. The molecule has 1 aromatic rings. The van der Waals surface area contributed by atoms with Gasteiger partial charge in [0.15, 0.2) is 5.62 Å². The second kappa shape index (κ2) is 7.99. The van der Waals surface area contributed by atoms with Gasteiger partial charge in [-0.2, -0.15) is 13.2 Å². The van der Waals surface area contributed by atoms with Gasteiger partial charge in [0.05, 0.1) is 12.0 Å². The number of aliphatic hydroxyl groups is 1. The number of halogens is 3. The second-order valence-corrected chi connectivity index (χ2v) is 11.0. The van der Waals surface area contributed by atoms with Crippen molar-refractivity contribution in [3.05, 3.63) is 46.7 Å². The van der Waals surface area contributed by atoms with Crippen LogP contribution in [0.25, 0.3) is 0 Å². The maximum absolute atomic E-state index is 13.0. The summed E-state index contributed by atoms with van der Waals surface area (Å²) < 4.78 is 39.6. The molecular weight excluding hydrogens is 431 g/mol. The zero-order valence-corrected chi connectivity index (χ0v) is 18.4. The van der Waals surface area contributed by atoms with E-state index in [2.05, 4.69) is 5.32 Å². The molecule has 0 aromatic heterocycles. The molecule has 2 amide bonds. The number of allylic oxidation sites excluding steroid dienone is 3. The molecular formula is C21H26F3N3O3S. The minimum absolute atomic E-state index is 0.0184. The van der Waals surface area contributed by atoms with E-state index in [1.54, 1.807) is 38.1 Å². The number of hydrogen-bond donors (Lipinski definition) is 3. The molecule has 2 aliphatic rings. The number of nitrogens with one attached hydrogen (secondary N) is 1. The van der Waals surface area contributed by atoms with Crippen molar-refractivity contribution in [3.8, 4) is 0 Å². The number of nitrogens with zero attached hydrogens (tertiary/aromatic N) is 1. The predicted molar refractivity (Wildman–Crippen MR) is 112 cm³/mol. The number of hydrazine groups is 1. The molecule has 1 aromatic carbocycles. The highest BCUT2D eigenvalue weighted by Gasteiger charge is 2.52. The Morgan fingerprint density at radius 3 is 2.52 bits per heavy atom. The molecule has 4 N–H and O–H groups in total. The van der Waals surface area contributed by atoms with Crippen LogP contribution in [-0.2, 0) is 10.4 Å². The average Bonchev–Trinajstić information content (AvgIpc) is 3.01. The molecule has 1 heterocycles. The lowest BCUT2D eigenvalue weighted by atomic mass is 9.99. The monoisotopic (exact) mass is 457 g/mol. The van der Waals surface area contributed by atoms with Gasteiger partial charge >= 0.3 is 12.2 Å². The molecule has 1 aliphatic carbocycles. The maximum Gasteiger partial charge on any atom is 0.392 e. The first-order chi connectivity index (χ1) is 14.3. The van der Waals surface area contributed by atoms with Crippen LogP contribution in [0.1, 0.15) is 52.0 Å². The molecule has 0 saturated heterocycles. The zero-order valence-electron chi connectivity index (χ0n) is 17.5. The summed E-state index contributed by atoms with van der Waals surface area (Å²) in [5, 5.41) is 12.7. The molecule has 0 spiro atoms. The Morgan fingerprint density at radius 1 is 1.32 bits per heavy atom. The average molecular weight is 458 g/mol. The minimum Gasteiger partial charge on any atom is -0.386 e. The van der Waals surface area contributed by atoms with Crippen LogP contribution in [0.15, 0.2) is 50.9 Å². The number of fused-ring (bicyclic) bond motifs is 1. The van der Waals surface area contributed by atoms with Crippen molar-refractivity contribution in [1.82, 2.24) is 9.73 Å². The summed E-state index contributed by atoms with van der Waals surface area (Å²) >= 11 is 0. The fraction of sp³-hybridized carbons (Fsp3) is 0.429. The number of urea groups is 1. The summed E-state index contributed by atoms with van der Waals surface area (Å²) in [6, 6.07) is 4.08. The minimum atomic E-state index is -4.42. The quantitative estimate of drug-likeness (QED) is 0.188. The molecule has 6 nitrogen and oxygen atoms in total. The zero-order chi connectivity index (χ0) is 23.2. The molecule has 0 bridgehead atoms. The van der Waals surface area contributed by atoms with Gasteiger partial charge in [-0.05, 0) is 79.1 Å². The van der Waals surface area contributed by atoms with E-state index in [1.165, 1.54) is 6.92 Å². The van der Waals surface area contributed by atoms with Gasteiger partial charge in [-0.15, -0.1) is 0 Å². The van der Waals surface area contributed by atoms with Crippen molar-refractivity contribution in [1.29, 1.82) is 0 Å². The van der Waals surface area contributed by atoms with Crippen molar-refractivity contribution >= 4 is 21.9 Å². The number of hydrogen-bond acceptors (Lipinski definition) is 4. The fourth-order valence-electron chi connectivity index (χ4n) is 3.74. The van der Waals surface area contributed by atoms with Gasteiger partial charge in [0.2, 0.25) is 0 Å². The number of nitrogens with two attached hydrogens (primary N) is 1. The smallest absolute Gasteiger partial charge is 0.386 e. The Hall–Kier alpha value is -2.30. The third-order valence-corrected chi connectivity index (χ3v) is 8.31. The van der Waals surface area contributed by atoms with Crippen molar-refractivity contribution < 1.29 is 27.9 Å². The van der Waals surface area contributed by atoms with Crippen LogP contribution in [0, 0.1) is 0 Å². The van der Waals surface area contributed by atoms with E-state index in [0.29, 0.717) is 33.0 Å². The van der Waals surface area contributed by atoms with E-state index in [0.717, 1.165) is 17.3 Å². The Labute approximate surface area is 180 Å². The summed E-state index contributed by atoms with van der Waals surface area (Å²) in [5.41, 5.74) is 0.747. The second-order valence-electron chi connectivity index (χ2n) is 8.27. The summed E-state index contributed by atoms with van der Waals surface area (Å²) in [5.74, 6) is 6.05. The topological polar surface area (TPSA) is 95.7 Å². The first-order valence-electron chi connectivity index (χ1n) is 9.78. The summed E-state index contributed by atoms with van der Waals surface area (Å²) in [4.78, 5) is 26.1. The largest absolute Gasteiger partial charge is 0.392 e. The molecule has 1 aliphatic heterocycles. The number of carbonyl (C=O) groups excluding carboxylic acids is 2. The van der Waals surface area contributed by atoms with Crippen LogP contribution in [0.4, 0.5) is 18.0 Å².